The number of imidazole rings is 1. The molecule has 3 rings (SSSR count). The van der Waals surface area contributed by atoms with Crippen LogP contribution in [0, 0.1) is 13.8 Å². The fourth-order valence-electron chi connectivity index (χ4n) is 2.29. The Hall–Kier alpha value is -2.14. The van der Waals surface area contributed by atoms with E-state index in [1.807, 2.05) is 56.4 Å². The van der Waals surface area contributed by atoms with Gasteiger partial charge in [-0.15, -0.1) is 0 Å². The molecule has 0 aliphatic carbocycles. The Morgan fingerprint density at radius 1 is 1.24 bits per heavy atom. The predicted octanol–water partition coefficient (Wildman–Crippen LogP) is 3.97. The summed E-state index contributed by atoms with van der Waals surface area (Å²) in [5, 5.41) is 2.93. The molecule has 3 aromatic rings. The highest BCUT2D eigenvalue weighted by atomic mass is 79.9. The zero-order chi connectivity index (χ0) is 15.0. The van der Waals surface area contributed by atoms with Crippen molar-refractivity contribution in [3.8, 4) is 0 Å². The normalized spacial score (nSPS) is 10.8. The van der Waals surface area contributed by atoms with Crippen LogP contribution >= 0.6 is 15.9 Å². The molecule has 106 valence electrons. The van der Waals surface area contributed by atoms with E-state index in [2.05, 4.69) is 26.2 Å². The standard InChI is InChI=1S/C16H14BrN3O/c1-10-6-7-13(12(17)9-10)19-16(21)15-11(2)18-14-5-3-4-8-20(14)15/h3-9H,1-2H3,(H,19,21). The quantitative estimate of drug-likeness (QED) is 0.765. The first-order chi connectivity index (χ1) is 10.1. The van der Waals surface area contributed by atoms with Crippen LogP contribution in [0.2, 0.25) is 0 Å². The molecule has 4 nitrogen and oxygen atoms in total. The summed E-state index contributed by atoms with van der Waals surface area (Å²) < 4.78 is 2.66. The van der Waals surface area contributed by atoms with Crippen LogP contribution in [0.25, 0.3) is 5.65 Å². The molecule has 0 bridgehead atoms. The Labute approximate surface area is 131 Å². The Morgan fingerprint density at radius 3 is 2.81 bits per heavy atom. The third-order valence-electron chi connectivity index (χ3n) is 3.29. The minimum Gasteiger partial charge on any atom is -0.320 e. The van der Waals surface area contributed by atoms with Crippen molar-refractivity contribution in [1.29, 1.82) is 0 Å². The molecule has 1 aromatic carbocycles. The molecule has 2 heterocycles. The lowest BCUT2D eigenvalue weighted by molar-refractivity contribution is 0.102. The number of carbonyl (C=O) groups excluding carboxylic acids is 1. The zero-order valence-electron chi connectivity index (χ0n) is 11.7. The molecule has 0 atom stereocenters. The molecule has 0 aliphatic rings. The molecule has 0 fully saturated rings. The van der Waals surface area contributed by atoms with Crippen molar-refractivity contribution >= 4 is 33.2 Å². The predicted molar refractivity (Wildman–Crippen MR) is 86.8 cm³/mol. The molecule has 5 heteroatoms. The van der Waals surface area contributed by atoms with Crippen molar-refractivity contribution < 1.29 is 4.79 Å². The van der Waals surface area contributed by atoms with Gasteiger partial charge < -0.3 is 5.32 Å². The van der Waals surface area contributed by atoms with Crippen LogP contribution in [-0.2, 0) is 0 Å². The van der Waals surface area contributed by atoms with Crippen molar-refractivity contribution in [2.24, 2.45) is 0 Å². The number of fused-ring (bicyclic) bond motifs is 1. The first-order valence-corrected chi connectivity index (χ1v) is 7.37. The second kappa shape index (κ2) is 5.33. The first kappa shape index (κ1) is 13.8. The Balaban J connectivity index is 1.99. The van der Waals surface area contributed by atoms with Crippen molar-refractivity contribution in [3.63, 3.8) is 0 Å². The van der Waals surface area contributed by atoms with Crippen molar-refractivity contribution in [3.05, 3.63) is 64.0 Å². The Kier molecular flexibility index (Phi) is 3.51. The van der Waals surface area contributed by atoms with Gasteiger partial charge in [-0.05, 0) is 59.6 Å². The Bertz CT molecular complexity index is 839. The molecule has 0 saturated heterocycles. The topological polar surface area (TPSA) is 46.4 Å². The molecule has 1 N–H and O–H groups in total. The largest absolute Gasteiger partial charge is 0.320 e. The number of nitrogens with one attached hydrogen (secondary N) is 1. The van der Waals surface area contributed by atoms with Gasteiger partial charge in [0.25, 0.3) is 5.91 Å². The lowest BCUT2D eigenvalue weighted by Gasteiger charge is -2.08. The van der Waals surface area contributed by atoms with Crippen molar-refractivity contribution in [2.45, 2.75) is 13.8 Å². The summed E-state index contributed by atoms with van der Waals surface area (Å²) in [6.45, 7) is 3.84. The van der Waals surface area contributed by atoms with E-state index in [4.69, 9.17) is 0 Å². The van der Waals surface area contributed by atoms with Crippen LogP contribution in [0.15, 0.2) is 47.1 Å². The number of hydrogen-bond donors (Lipinski definition) is 1. The molecular weight excluding hydrogens is 330 g/mol. The highest BCUT2D eigenvalue weighted by Gasteiger charge is 2.17. The summed E-state index contributed by atoms with van der Waals surface area (Å²) in [4.78, 5) is 17.0. The zero-order valence-corrected chi connectivity index (χ0v) is 13.3. The number of amides is 1. The van der Waals surface area contributed by atoms with Gasteiger partial charge in [-0.3, -0.25) is 9.20 Å². The van der Waals surface area contributed by atoms with Gasteiger partial charge in [-0.1, -0.05) is 12.1 Å². The number of aromatic nitrogens is 2. The molecule has 0 saturated carbocycles. The number of rotatable bonds is 2. The van der Waals surface area contributed by atoms with Crippen LogP contribution in [0.4, 0.5) is 5.69 Å². The molecular formula is C16H14BrN3O. The second-order valence-corrected chi connectivity index (χ2v) is 5.77. The van der Waals surface area contributed by atoms with Crippen LogP contribution < -0.4 is 5.32 Å². The van der Waals surface area contributed by atoms with Crippen LogP contribution in [0.1, 0.15) is 21.7 Å². The first-order valence-electron chi connectivity index (χ1n) is 6.57. The molecule has 0 unspecified atom stereocenters. The van der Waals surface area contributed by atoms with Gasteiger partial charge in [0.2, 0.25) is 0 Å². The van der Waals surface area contributed by atoms with Gasteiger partial charge in [0, 0.05) is 10.7 Å². The molecule has 2 aromatic heterocycles. The lowest BCUT2D eigenvalue weighted by atomic mass is 10.2. The van der Waals surface area contributed by atoms with E-state index in [9.17, 15) is 4.79 Å². The van der Waals surface area contributed by atoms with E-state index >= 15 is 0 Å². The van der Waals surface area contributed by atoms with Gasteiger partial charge in [0.15, 0.2) is 0 Å². The van der Waals surface area contributed by atoms with E-state index in [0.29, 0.717) is 11.4 Å². The summed E-state index contributed by atoms with van der Waals surface area (Å²) in [6.07, 6.45) is 1.84. The Morgan fingerprint density at radius 2 is 2.05 bits per heavy atom. The summed E-state index contributed by atoms with van der Waals surface area (Å²) in [7, 11) is 0. The van der Waals surface area contributed by atoms with E-state index in [1.165, 1.54) is 0 Å². The number of carbonyl (C=O) groups is 1. The van der Waals surface area contributed by atoms with E-state index in [0.717, 1.165) is 21.4 Å². The third-order valence-corrected chi connectivity index (χ3v) is 3.95. The number of halogens is 1. The second-order valence-electron chi connectivity index (χ2n) is 4.91. The van der Waals surface area contributed by atoms with Crippen LogP contribution in [0.5, 0.6) is 0 Å². The van der Waals surface area contributed by atoms with Gasteiger partial charge in [0.1, 0.15) is 11.3 Å². The van der Waals surface area contributed by atoms with Gasteiger partial charge in [0.05, 0.1) is 11.4 Å². The molecule has 0 spiro atoms. The highest BCUT2D eigenvalue weighted by Crippen LogP contribution is 2.24. The van der Waals surface area contributed by atoms with Gasteiger partial charge in [-0.25, -0.2) is 4.98 Å². The van der Waals surface area contributed by atoms with Crippen LogP contribution in [0.3, 0.4) is 0 Å². The van der Waals surface area contributed by atoms with E-state index in [1.54, 1.807) is 4.40 Å². The average Bonchev–Trinajstić information content (AvgIpc) is 2.77. The number of hydrogen-bond acceptors (Lipinski definition) is 2. The molecule has 21 heavy (non-hydrogen) atoms. The fraction of sp³-hybridized carbons (Fsp3) is 0.125. The SMILES string of the molecule is Cc1ccc(NC(=O)c2c(C)nc3ccccn23)c(Br)c1. The minimum absolute atomic E-state index is 0.171. The summed E-state index contributed by atoms with van der Waals surface area (Å²) in [6, 6.07) is 11.5. The monoisotopic (exact) mass is 343 g/mol. The minimum atomic E-state index is -0.171. The summed E-state index contributed by atoms with van der Waals surface area (Å²) >= 11 is 3.47. The maximum Gasteiger partial charge on any atom is 0.274 e. The van der Waals surface area contributed by atoms with Crippen molar-refractivity contribution in [2.75, 3.05) is 5.32 Å². The smallest absolute Gasteiger partial charge is 0.274 e. The molecule has 0 aliphatic heterocycles. The van der Waals surface area contributed by atoms with Crippen molar-refractivity contribution in [1.82, 2.24) is 9.38 Å². The molecule has 1 amide bonds. The number of anilines is 1. The molecule has 0 radical (unpaired) electrons. The summed E-state index contributed by atoms with van der Waals surface area (Å²) in [5.74, 6) is -0.171. The maximum atomic E-state index is 12.6. The number of nitrogens with zero attached hydrogens (tertiary/aromatic N) is 2. The number of benzene rings is 1. The fourth-order valence-corrected chi connectivity index (χ4v) is 2.88. The number of pyridine rings is 1. The lowest BCUT2D eigenvalue weighted by Crippen LogP contribution is -2.15. The summed E-state index contributed by atoms with van der Waals surface area (Å²) in [5.41, 5.74) is 3.91. The van der Waals surface area contributed by atoms with E-state index < -0.39 is 0 Å². The maximum absolute atomic E-state index is 12.6. The van der Waals surface area contributed by atoms with E-state index in [-0.39, 0.29) is 5.91 Å². The van der Waals surface area contributed by atoms with Crippen LogP contribution in [-0.4, -0.2) is 15.3 Å². The third kappa shape index (κ3) is 2.56. The average molecular weight is 344 g/mol. The van der Waals surface area contributed by atoms with Gasteiger partial charge in [-0.2, -0.15) is 0 Å². The highest BCUT2D eigenvalue weighted by molar-refractivity contribution is 9.10. The van der Waals surface area contributed by atoms with Gasteiger partial charge >= 0.3 is 0 Å². The number of aryl methyl sites for hydroxylation is 2.